The summed E-state index contributed by atoms with van der Waals surface area (Å²) in [6, 6.07) is 0.757. The zero-order valence-corrected chi connectivity index (χ0v) is 12.6. The lowest BCUT2D eigenvalue weighted by Crippen LogP contribution is -2.34. The van der Waals surface area contributed by atoms with Crippen molar-refractivity contribution >= 4 is 15.9 Å². The normalized spacial score (nSPS) is 11.9. The molecule has 0 radical (unpaired) electrons. The van der Waals surface area contributed by atoms with Crippen LogP contribution in [0.1, 0.15) is 13.3 Å². The van der Waals surface area contributed by atoms with Crippen LogP contribution in [0.15, 0.2) is 12.1 Å². The van der Waals surface area contributed by atoms with Gasteiger partial charge in [0.15, 0.2) is 11.6 Å². The largest absolute Gasteiger partial charge is 0.317 e. The van der Waals surface area contributed by atoms with Crippen LogP contribution in [0.3, 0.4) is 0 Å². The Hall–Kier alpha value is -1.32. The Kier molecular flexibility index (Phi) is 6.43. The average molecular weight is 325 g/mol. The summed E-state index contributed by atoms with van der Waals surface area (Å²) in [5, 5.41) is 3.03. The van der Waals surface area contributed by atoms with Crippen LogP contribution in [0, 0.1) is 17.5 Å². The van der Waals surface area contributed by atoms with Crippen molar-refractivity contribution in [3.05, 3.63) is 29.6 Å². The summed E-state index contributed by atoms with van der Waals surface area (Å²) < 4.78 is 65.9. The number of benzene rings is 1. The number of rotatable bonds is 8. The second kappa shape index (κ2) is 7.62. The third-order valence-corrected chi connectivity index (χ3v) is 4.22. The van der Waals surface area contributed by atoms with E-state index in [0.29, 0.717) is 25.1 Å². The fraction of sp³-hybridized carbons (Fsp3) is 0.500. The van der Waals surface area contributed by atoms with E-state index in [0.717, 1.165) is 10.8 Å². The predicted octanol–water partition coefficient (Wildman–Crippen LogP) is 1.69. The lowest BCUT2D eigenvalue weighted by atomic mass is 10.3. The van der Waals surface area contributed by atoms with E-state index < -0.39 is 33.3 Å². The molecule has 0 fully saturated rings. The molecule has 0 aliphatic heterocycles. The summed E-state index contributed by atoms with van der Waals surface area (Å²) in [6.07, 6.45) is 0.561. The van der Waals surface area contributed by atoms with E-state index >= 15 is 0 Å². The molecule has 0 bridgehead atoms. The number of halogens is 3. The second-order valence-corrected chi connectivity index (χ2v) is 6.16. The highest BCUT2D eigenvalue weighted by Crippen LogP contribution is 2.20. The van der Waals surface area contributed by atoms with E-state index in [9.17, 15) is 21.6 Å². The zero-order valence-electron chi connectivity index (χ0n) is 11.8. The van der Waals surface area contributed by atoms with E-state index in [4.69, 9.17) is 0 Å². The molecule has 0 spiro atoms. The van der Waals surface area contributed by atoms with Gasteiger partial charge in [0.1, 0.15) is 5.82 Å². The molecule has 0 saturated heterocycles. The molecular formula is C12H18F3N3O2S. The molecule has 120 valence electrons. The molecule has 21 heavy (non-hydrogen) atoms. The molecule has 1 aromatic rings. The van der Waals surface area contributed by atoms with Crippen LogP contribution in [-0.2, 0) is 10.2 Å². The van der Waals surface area contributed by atoms with Gasteiger partial charge in [-0.15, -0.1) is 0 Å². The average Bonchev–Trinajstić information content (AvgIpc) is 2.40. The Morgan fingerprint density at radius 1 is 1.14 bits per heavy atom. The van der Waals surface area contributed by atoms with E-state index in [1.165, 1.54) is 7.05 Å². The standard InChI is InChI=1S/C12H18F3N3O2S/c1-3-16-5-4-6-18(2)21(19,20)17-12-8-10(14)9(13)7-11(12)15/h7-8,16-17H,3-6H2,1-2H3. The first-order valence-electron chi connectivity index (χ1n) is 6.37. The van der Waals surface area contributed by atoms with Crippen molar-refractivity contribution in [2.75, 3.05) is 31.4 Å². The second-order valence-electron chi connectivity index (χ2n) is 4.38. The molecule has 1 aromatic carbocycles. The number of hydrogen-bond donors (Lipinski definition) is 2. The smallest absolute Gasteiger partial charge is 0.301 e. The molecule has 0 aliphatic carbocycles. The van der Waals surface area contributed by atoms with Crippen molar-refractivity contribution in [2.24, 2.45) is 0 Å². The van der Waals surface area contributed by atoms with Crippen LogP contribution < -0.4 is 10.0 Å². The van der Waals surface area contributed by atoms with E-state index in [2.05, 4.69) is 5.32 Å². The number of hydrogen-bond acceptors (Lipinski definition) is 3. The lowest BCUT2D eigenvalue weighted by Gasteiger charge is -2.18. The van der Waals surface area contributed by atoms with Crippen molar-refractivity contribution in [2.45, 2.75) is 13.3 Å². The van der Waals surface area contributed by atoms with Crippen LogP contribution in [0.2, 0.25) is 0 Å². The summed E-state index contributed by atoms with van der Waals surface area (Å²) in [4.78, 5) is 0. The maximum atomic E-state index is 13.4. The number of nitrogens with one attached hydrogen (secondary N) is 2. The van der Waals surface area contributed by atoms with Gasteiger partial charge >= 0.3 is 10.2 Å². The summed E-state index contributed by atoms with van der Waals surface area (Å²) in [5.41, 5.74) is -0.632. The first kappa shape index (κ1) is 17.7. The minimum absolute atomic E-state index is 0.202. The van der Waals surface area contributed by atoms with Gasteiger partial charge < -0.3 is 5.32 Å². The predicted molar refractivity (Wildman–Crippen MR) is 74.6 cm³/mol. The van der Waals surface area contributed by atoms with Gasteiger partial charge in [-0.3, -0.25) is 4.72 Å². The molecule has 2 N–H and O–H groups in total. The molecule has 0 aromatic heterocycles. The minimum atomic E-state index is -4.03. The van der Waals surface area contributed by atoms with Gasteiger partial charge in [-0.2, -0.15) is 12.7 Å². The lowest BCUT2D eigenvalue weighted by molar-refractivity contribution is 0.459. The Balaban J connectivity index is 2.74. The molecule has 0 atom stereocenters. The molecule has 0 aliphatic rings. The number of anilines is 1. The van der Waals surface area contributed by atoms with Crippen LogP contribution in [0.4, 0.5) is 18.9 Å². The maximum Gasteiger partial charge on any atom is 0.301 e. The number of nitrogens with zero attached hydrogens (tertiary/aromatic N) is 1. The van der Waals surface area contributed by atoms with Crippen molar-refractivity contribution in [1.82, 2.24) is 9.62 Å². The molecule has 5 nitrogen and oxygen atoms in total. The van der Waals surface area contributed by atoms with Gasteiger partial charge in [-0.05, 0) is 19.5 Å². The Morgan fingerprint density at radius 2 is 1.76 bits per heavy atom. The Morgan fingerprint density at radius 3 is 2.38 bits per heavy atom. The van der Waals surface area contributed by atoms with E-state index in [-0.39, 0.29) is 6.54 Å². The summed E-state index contributed by atoms with van der Waals surface area (Å²) in [5.74, 6) is -3.89. The highest BCUT2D eigenvalue weighted by Gasteiger charge is 2.20. The van der Waals surface area contributed by atoms with Gasteiger partial charge in [-0.25, -0.2) is 13.2 Å². The van der Waals surface area contributed by atoms with E-state index in [1.54, 1.807) is 0 Å². The minimum Gasteiger partial charge on any atom is -0.317 e. The van der Waals surface area contributed by atoms with Gasteiger partial charge in [0.25, 0.3) is 0 Å². The van der Waals surface area contributed by atoms with Crippen molar-refractivity contribution < 1.29 is 21.6 Å². The van der Waals surface area contributed by atoms with Crippen LogP contribution in [-0.4, -0.2) is 39.4 Å². The van der Waals surface area contributed by atoms with Gasteiger partial charge in [0, 0.05) is 25.7 Å². The highest BCUT2D eigenvalue weighted by molar-refractivity contribution is 7.90. The zero-order chi connectivity index (χ0) is 16.0. The van der Waals surface area contributed by atoms with Crippen molar-refractivity contribution in [1.29, 1.82) is 0 Å². The van der Waals surface area contributed by atoms with Crippen molar-refractivity contribution in [3.8, 4) is 0 Å². The SMILES string of the molecule is CCNCCCN(C)S(=O)(=O)Nc1cc(F)c(F)cc1F. The first-order chi connectivity index (χ1) is 9.77. The highest BCUT2D eigenvalue weighted by atomic mass is 32.2. The van der Waals surface area contributed by atoms with Crippen LogP contribution in [0.25, 0.3) is 0 Å². The van der Waals surface area contributed by atoms with Crippen LogP contribution >= 0.6 is 0 Å². The Labute approximate surface area is 122 Å². The van der Waals surface area contributed by atoms with Crippen LogP contribution in [0.5, 0.6) is 0 Å². The van der Waals surface area contributed by atoms with Gasteiger partial charge in [0.2, 0.25) is 0 Å². The quantitative estimate of drug-likeness (QED) is 0.565. The molecule has 0 heterocycles. The van der Waals surface area contributed by atoms with Gasteiger partial charge in [-0.1, -0.05) is 6.92 Å². The third kappa shape index (κ3) is 5.18. The van der Waals surface area contributed by atoms with Gasteiger partial charge in [0.05, 0.1) is 5.69 Å². The molecule has 0 unspecified atom stereocenters. The fourth-order valence-corrected chi connectivity index (χ4v) is 2.50. The van der Waals surface area contributed by atoms with Crippen molar-refractivity contribution in [3.63, 3.8) is 0 Å². The summed E-state index contributed by atoms with van der Waals surface area (Å²) in [6.45, 7) is 3.53. The molecule has 1 rings (SSSR count). The third-order valence-electron chi connectivity index (χ3n) is 2.74. The fourth-order valence-electron chi connectivity index (χ4n) is 1.54. The molecule has 9 heteroatoms. The van der Waals surface area contributed by atoms with E-state index in [1.807, 2.05) is 11.6 Å². The maximum absolute atomic E-state index is 13.4. The molecule has 0 amide bonds. The first-order valence-corrected chi connectivity index (χ1v) is 7.81. The summed E-state index contributed by atoms with van der Waals surface area (Å²) in [7, 11) is -2.71. The molecule has 0 saturated carbocycles. The topological polar surface area (TPSA) is 61.4 Å². The summed E-state index contributed by atoms with van der Waals surface area (Å²) >= 11 is 0. The molecular weight excluding hydrogens is 307 g/mol. The Bertz CT molecular complexity index is 581. The monoisotopic (exact) mass is 325 g/mol.